The highest BCUT2D eigenvalue weighted by molar-refractivity contribution is 5.94. The van der Waals surface area contributed by atoms with E-state index in [1.165, 1.54) is 6.07 Å². The first-order valence-electron chi connectivity index (χ1n) is 11.1. The summed E-state index contributed by atoms with van der Waals surface area (Å²) in [5.41, 5.74) is 1.63. The number of carboxylic acids is 1. The monoisotopic (exact) mass is 486 g/mol. The number of carbonyl (C=O) groups excluding carboxylic acids is 1. The first-order chi connectivity index (χ1) is 16.7. The zero-order valence-electron chi connectivity index (χ0n) is 19.0. The highest BCUT2D eigenvalue weighted by Crippen LogP contribution is 2.31. The quantitative estimate of drug-likeness (QED) is 0.373. The van der Waals surface area contributed by atoms with Crippen molar-refractivity contribution in [2.24, 2.45) is 0 Å². The molecule has 6 nitrogen and oxygen atoms in total. The molecule has 35 heavy (non-hydrogen) atoms. The normalized spacial score (nSPS) is 12.1. The van der Waals surface area contributed by atoms with Gasteiger partial charge in [-0.2, -0.15) is 13.2 Å². The molecule has 1 aromatic heterocycles. The number of amides is 1. The molecule has 0 radical (unpaired) electrons. The third-order valence-corrected chi connectivity index (χ3v) is 5.24. The molecule has 0 spiro atoms. The maximum atomic E-state index is 12.8. The van der Waals surface area contributed by atoms with Crippen molar-refractivity contribution in [3.63, 3.8) is 0 Å². The molecule has 1 atom stereocenters. The van der Waals surface area contributed by atoms with E-state index < -0.39 is 17.7 Å². The van der Waals surface area contributed by atoms with E-state index in [1.54, 1.807) is 36.4 Å². The van der Waals surface area contributed by atoms with Gasteiger partial charge in [-0.05, 0) is 48.4 Å². The third-order valence-electron chi connectivity index (χ3n) is 5.24. The summed E-state index contributed by atoms with van der Waals surface area (Å²) in [6.07, 6.45) is -2.43. The van der Waals surface area contributed by atoms with Gasteiger partial charge in [0.2, 0.25) is 0 Å². The Morgan fingerprint density at radius 3 is 2.26 bits per heavy atom. The maximum Gasteiger partial charge on any atom is 0.417 e. The second-order valence-electron chi connectivity index (χ2n) is 7.87. The molecule has 0 fully saturated rings. The Hall–Kier alpha value is -3.88. The van der Waals surface area contributed by atoms with Gasteiger partial charge in [-0.15, -0.1) is 0 Å². The van der Waals surface area contributed by atoms with Gasteiger partial charge in [0.25, 0.3) is 5.91 Å². The van der Waals surface area contributed by atoms with Crippen LogP contribution in [0.2, 0.25) is 0 Å². The van der Waals surface area contributed by atoms with Crippen LogP contribution in [0, 0.1) is 0 Å². The van der Waals surface area contributed by atoms with E-state index >= 15 is 0 Å². The first-order valence-corrected chi connectivity index (χ1v) is 11.1. The number of carboxylic acid groups (broad SMARTS) is 1. The van der Waals surface area contributed by atoms with E-state index in [1.807, 2.05) is 19.1 Å². The summed E-state index contributed by atoms with van der Waals surface area (Å²) in [7, 11) is 0. The number of rotatable bonds is 10. The van der Waals surface area contributed by atoms with Crippen LogP contribution in [0.3, 0.4) is 0 Å². The summed E-state index contributed by atoms with van der Waals surface area (Å²) >= 11 is 0. The molecule has 0 aliphatic rings. The molecule has 0 bridgehead atoms. The molecule has 9 heteroatoms. The maximum absolute atomic E-state index is 12.8. The van der Waals surface area contributed by atoms with E-state index in [2.05, 4.69) is 10.3 Å². The summed E-state index contributed by atoms with van der Waals surface area (Å²) in [6, 6.07) is 16.2. The summed E-state index contributed by atoms with van der Waals surface area (Å²) in [6.45, 7) is 2.07. The van der Waals surface area contributed by atoms with Crippen LogP contribution in [-0.2, 0) is 11.0 Å². The average molecular weight is 486 g/mol. The van der Waals surface area contributed by atoms with Crippen molar-refractivity contribution in [1.82, 2.24) is 10.3 Å². The Morgan fingerprint density at radius 2 is 1.71 bits per heavy atom. The van der Waals surface area contributed by atoms with E-state index in [4.69, 9.17) is 9.84 Å². The van der Waals surface area contributed by atoms with Crippen molar-refractivity contribution in [3.8, 4) is 17.0 Å². The predicted octanol–water partition coefficient (Wildman–Crippen LogP) is 5.89. The van der Waals surface area contributed by atoms with Crippen LogP contribution in [0.1, 0.15) is 53.8 Å². The molecule has 2 N–H and O–H groups in total. The lowest BCUT2D eigenvalue weighted by Crippen LogP contribution is -2.25. The summed E-state index contributed by atoms with van der Waals surface area (Å²) in [5, 5.41) is 11.2. The van der Waals surface area contributed by atoms with Crippen molar-refractivity contribution in [1.29, 1.82) is 0 Å². The Bertz CT molecular complexity index is 1130. The fraction of sp³-hybridized carbons (Fsp3) is 0.269. The topological polar surface area (TPSA) is 88.5 Å². The lowest BCUT2D eigenvalue weighted by atomic mass is 10.0. The summed E-state index contributed by atoms with van der Waals surface area (Å²) in [5.74, 6) is -0.783. The molecular weight excluding hydrogens is 461 g/mol. The lowest BCUT2D eigenvalue weighted by Gasteiger charge is -2.20. The first kappa shape index (κ1) is 25.7. The number of halogens is 3. The molecule has 3 rings (SSSR count). The molecule has 1 amide bonds. The molecule has 2 aromatic carbocycles. The van der Waals surface area contributed by atoms with Crippen molar-refractivity contribution in [3.05, 3.63) is 83.6 Å². The minimum absolute atomic E-state index is 0.0446. The van der Waals surface area contributed by atoms with E-state index in [-0.39, 0.29) is 25.0 Å². The Morgan fingerprint density at radius 1 is 1.03 bits per heavy atom. The Balaban J connectivity index is 1.67. The highest BCUT2D eigenvalue weighted by atomic mass is 19.4. The number of alkyl halides is 3. The predicted molar refractivity (Wildman–Crippen MR) is 124 cm³/mol. The second kappa shape index (κ2) is 11.5. The van der Waals surface area contributed by atoms with Gasteiger partial charge in [-0.1, -0.05) is 37.6 Å². The molecule has 0 saturated carbocycles. The van der Waals surface area contributed by atoms with Crippen LogP contribution in [0.15, 0.2) is 66.9 Å². The Labute approximate surface area is 200 Å². The molecule has 3 aromatic rings. The molecule has 0 aliphatic heterocycles. The van der Waals surface area contributed by atoms with Gasteiger partial charge >= 0.3 is 12.1 Å². The molecule has 184 valence electrons. The lowest BCUT2D eigenvalue weighted by molar-refractivity contribution is -0.138. The number of pyridine rings is 1. The number of hydrogen-bond acceptors (Lipinski definition) is 4. The van der Waals surface area contributed by atoms with Crippen molar-refractivity contribution >= 4 is 11.9 Å². The fourth-order valence-electron chi connectivity index (χ4n) is 3.39. The van der Waals surface area contributed by atoms with Crippen LogP contribution >= 0.6 is 0 Å². The van der Waals surface area contributed by atoms with Crippen LogP contribution in [0.25, 0.3) is 11.3 Å². The van der Waals surface area contributed by atoms with E-state index in [0.29, 0.717) is 22.6 Å². The largest absolute Gasteiger partial charge is 0.486 e. The van der Waals surface area contributed by atoms with E-state index in [0.717, 1.165) is 30.7 Å². The molecular formula is C26H25F3N2O4. The molecule has 0 saturated heterocycles. The number of nitrogens with zero attached hydrogens (tertiary/aromatic N) is 1. The number of benzene rings is 2. The third kappa shape index (κ3) is 7.30. The van der Waals surface area contributed by atoms with Gasteiger partial charge in [0, 0.05) is 23.9 Å². The number of carbonyl (C=O) groups is 2. The minimum atomic E-state index is -4.43. The number of aromatic nitrogens is 1. The van der Waals surface area contributed by atoms with Crippen LogP contribution < -0.4 is 10.1 Å². The SMILES string of the molecule is CCC[C@@H](Oc1ccc(C(=O)NCCC(=O)O)cc1)c1ccc(-c2ccc(C(F)(F)F)cn2)cc1. The molecule has 1 heterocycles. The fourth-order valence-corrected chi connectivity index (χ4v) is 3.39. The zero-order valence-corrected chi connectivity index (χ0v) is 19.0. The van der Waals surface area contributed by atoms with Gasteiger partial charge in [-0.3, -0.25) is 14.6 Å². The minimum Gasteiger partial charge on any atom is -0.486 e. The number of nitrogens with one attached hydrogen (secondary N) is 1. The average Bonchev–Trinajstić information content (AvgIpc) is 2.83. The van der Waals surface area contributed by atoms with Gasteiger partial charge in [-0.25, -0.2) is 0 Å². The van der Waals surface area contributed by atoms with Crippen LogP contribution in [0.5, 0.6) is 5.75 Å². The van der Waals surface area contributed by atoms with Crippen molar-refractivity contribution in [2.45, 2.75) is 38.5 Å². The number of aliphatic carboxylic acids is 1. The van der Waals surface area contributed by atoms with Gasteiger partial charge < -0.3 is 15.2 Å². The smallest absolute Gasteiger partial charge is 0.417 e. The number of hydrogen-bond donors (Lipinski definition) is 2. The van der Waals surface area contributed by atoms with E-state index in [9.17, 15) is 22.8 Å². The van der Waals surface area contributed by atoms with Gasteiger partial charge in [0.05, 0.1) is 17.7 Å². The molecule has 0 aliphatic carbocycles. The zero-order chi connectivity index (χ0) is 25.4. The Kier molecular flexibility index (Phi) is 8.46. The van der Waals surface area contributed by atoms with Gasteiger partial charge in [0.1, 0.15) is 11.9 Å². The summed E-state index contributed by atoms with van der Waals surface area (Å²) < 4.78 is 44.4. The van der Waals surface area contributed by atoms with Crippen LogP contribution in [0.4, 0.5) is 13.2 Å². The van der Waals surface area contributed by atoms with Crippen molar-refractivity contribution < 1.29 is 32.6 Å². The standard InChI is InChI=1S/C26H25F3N2O4/c1-2-3-23(35-21-11-8-19(9-12-21)25(34)30-15-14-24(32)33)18-6-4-17(5-7-18)22-13-10-20(16-31-22)26(27,28)29/h4-13,16,23H,2-3,14-15H2,1H3,(H,30,34)(H,32,33)/t23-/m1/s1. The number of ether oxygens (including phenoxy) is 1. The summed E-state index contributed by atoms with van der Waals surface area (Å²) in [4.78, 5) is 26.6. The van der Waals surface area contributed by atoms with Gasteiger partial charge in [0.15, 0.2) is 0 Å². The highest BCUT2D eigenvalue weighted by Gasteiger charge is 2.30. The van der Waals surface area contributed by atoms with Crippen LogP contribution in [-0.4, -0.2) is 28.5 Å². The van der Waals surface area contributed by atoms with Crippen molar-refractivity contribution in [2.75, 3.05) is 6.54 Å². The second-order valence-corrected chi connectivity index (χ2v) is 7.87. The molecule has 0 unspecified atom stereocenters.